The molecule has 0 aliphatic rings. The third-order valence-corrected chi connectivity index (χ3v) is 8.01. The van der Waals surface area contributed by atoms with Gasteiger partial charge in [-0.25, -0.2) is 4.98 Å². The Hall–Kier alpha value is -4.76. The van der Waals surface area contributed by atoms with E-state index in [2.05, 4.69) is 20.6 Å². The summed E-state index contributed by atoms with van der Waals surface area (Å²) < 4.78 is 74.9. The summed E-state index contributed by atoms with van der Waals surface area (Å²) in [5, 5.41) is 5.70. The van der Waals surface area contributed by atoms with E-state index >= 15 is 0 Å². The van der Waals surface area contributed by atoms with Crippen molar-refractivity contribution >= 4 is 55.9 Å². The number of carbonyl (C=O) groups is 2. The summed E-state index contributed by atoms with van der Waals surface area (Å²) in [6.45, 7) is 3.71. The van der Waals surface area contributed by atoms with Gasteiger partial charge in [0.2, 0.25) is 0 Å². The number of alkyl halides is 3. The summed E-state index contributed by atoms with van der Waals surface area (Å²) in [5.74, 6) is -1.10. The largest absolute Gasteiger partial charge is 0.417 e. The highest BCUT2D eigenvalue weighted by molar-refractivity contribution is 7.85. The lowest BCUT2D eigenvalue weighted by atomic mass is 10.1. The van der Waals surface area contributed by atoms with Crippen molar-refractivity contribution in [2.75, 3.05) is 17.7 Å². The molecule has 0 atom stereocenters. The van der Waals surface area contributed by atoms with E-state index in [-0.39, 0.29) is 22.8 Å². The van der Waals surface area contributed by atoms with Gasteiger partial charge in [-0.15, -0.1) is 0 Å². The molecule has 0 saturated carbocycles. The van der Waals surface area contributed by atoms with Crippen molar-refractivity contribution in [1.29, 1.82) is 0 Å². The Bertz CT molecular complexity index is 2050. The average Bonchev–Trinajstić information content (AvgIpc) is 3.41. The minimum absolute atomic E-state index is 0.0666. The molecule has 5 rings (SSSR count). The molecule has 1 heterocycles. The zero-order valence-corrected chi connectivity index (χ0v) is 26.6. The summed E-state index contributed by atoms with van der Waals surface area (Å²) in [6.07, 6.45) is -4.71. The van der Waals surface area contributed by atoms with Crippen molar-refractivity contribution < 1.29 is 40.5 Å². The summed E-state index contributed by atoms with van der Waals surface area (Å²) in [5.41, 5.74) is 1.34. The Morgan fingerprint density at radius 1 is 0.936 bits per heavy atom. The molecule has 2 amide bonds. The van der Waals surface area contributed by atoms with Crippen LogP contribution in [0.15, 0.2) is 83.8 Å². The second kappa shape index (κ2) is 14.3. The van der Waals surface area contributed by atoms with Gasteiger partial charge in [-0.2, -0.15) is 21.6 Å². The number of aromatic nitrogens is 2. The van der Waals surface area contributed by atoms with E-state index in [1.807, 2.05) is 6.92 Å². The van der Waals surface area contributed by atoms with Gasteiger partial charge < -0.3 is 20.4 Å². The minimum Gasteiger partial charge on any atom is -0.377 e. The van der Waals surface area contributed by atoms with Crippen LogP contribution in [0.25, 0.3) is 11.0 Å². The highest BCUT2D eigenvalue weighted by Crippen LogP contribution is 2.33. The molecule has 5 aromatic rings. The number of nitrogens with zero attached hydrogens (tertiary/aromatic N) is 1. The fraction of sp³-hybridized carbons (Fsp3) is 0.156. The van der Waals surface area contributed by atoms with Gasteiger partial charge >= 0.3 is 6.18 Å². The normalized spacial score (nSPS) is 11.5. The molecule has 0 spiro atoms. The number of halogens is 4. The number of benzene rings is 4. The van der Waals surface area contributed by atoms with Gasteiger partial charge in [0.25, 0.3) is 21.9 Å². The molecular weight excluding hydrogens is 661 g/mol. The van der Waals surface area contributed by atoms with Gasteiger partial charge in [0, 0.05) is 23.5 Å². The SMILES string of the molecule is COCc1nc2c(C(=O)Nc3cccc(Cl)c3C)cc(NC(=O)c3ccccc3C(F)(F)F)cc2[nH]1.Cc1ccc(S(=O)(=O)O)cc1. The Kier molecular flexibility index (Phi) is 10.7. The van der Waals surface area contributed by atoms with Crippen molar-refractivity contribution in [3.8, 4) is 0 Å². The molecule has 1 aromatic heterocycles. The van der Waals surface area contributed by atoms with Crippen LogP contribution in [0.2, 0.25) is 5.02 Å². The van der Waals surface area contributed by atoms with Gasteiger partial charge in [0.05, 0.1) is 27.1 Å². The number of nitrogens with one attached hydrogen (secondary N) is 3. The van der Waals surface area contributed by atoms with Crippen molar-refractivity contribution in [3.05, 3.63) is 118 Å². The molecule has 4 aromatic carbocycles. The Morgan fingerprint density at radius 3 is 2.23 bits per heavy atom. The summed E-state index contributed by atoms with van der Waals surface area (Å²) in [6, 6.07) is 18.3. The van der Waals surface area contributed by atoms with Crippen LogP contribution in [-0.4, -0.2) is 41.9 Å². The third-order valence-electron chi connectivity index (χ3n) is 6.73. The molecular formula is C32H28ClF3N4O6S. The van der Waals surface area contributed by atoms with Crippen molar-refractivity contribution in [3.63, 3.8) is 0 Å². The number of H-pyrrole nitrogens is 1. The van der Waals surface area contributed by atoms with Crippen LogP contribution in [0.4, 0.5) is 24.5 Å². The number of anilines is 2. The number of carbonyl (C=O) groups excluding carboxylic acids is 2. The number of fused-ring (bicyclic) bond motifs is 1. The Balaban J connectivity index is 0.000000385. The van der Waals surface area contributed by atoms with Crippen LogP contribution >= 0.6 is 11.6 Å². The number of rotatable bonds is 7. The molecule has 0 aliphatic carbocycles. The van der Waals surface area contributed by atoms with Crippen LogP contribution in [0.1, 0.15) is 43.2 Å². The molecule has 0 bridgehead atoms. The number of aryl methyl sites for hydroxylation is 1. The van der Waals surface area contributed by atoms with Gasteiger partial charge in [-0.1, -0.05) is 47.5 Å². The number of imidazole rings is 1. The first kappa shape index (κ1) is 35.1. The second-order valence-electron chi connectivity index (χ2n) is 10.2. The smallest absolute Gasteiger partial charge is 0.377 e. The summed E-state index contributed by atoms with van der Waals surface area (Å²) >= 11 is 6.15. The molecule has 0 unspecified atom stereocenters. The quantitative estimate of drug-likeness (QED) is 0.130. The van der Waals surface area contributed by atoms with Crippen LogP contribution in [0.3, 0.4) is 0 Å². The fourth-order valence-electron chi connectivity index (χ4n) is 4.39. The zero-order chi connectivity index (χ0) is 34.5. The lowest BCUT2D eigenvalue weighted by molar-refractivity contribution is -0.137. The van der Waals surface area contributed by atoms with E-state index in [0.717, 1.165) is 17.7 Å². The Labute approximate surface area is 272 Å². The zero-order valence-electron chi connectivity index (χ0n) is 25.1. The molecule has 15 heteroatoms. The number of hydrogen-bond donors (Lipinski definition) is 4. The molecule has 0 aliphatic heterocycles. The number of amides is 2. The number of aromatic amines is 1. The minimum atomic E-state index is -4.71. The van der Waals surface area contributed by atoms with Crippen LogP contribution in [0.5, 0.6) is 0 Å². The maximum atomic E-state index is 13.4. The van der Waals surface area contributed by atoms with E-state index in [0.29, 0.717) is 33.1 Å². The molecule has 246 valence electrons. The van der Waals surface area contributed by atoms with Gasteiger partial charge in [0.15, 0.2) is 0 Å². The van der Waals surface area contributed by atoms with Crippen LogP contribution in [0, 0.1) is 13.8 Å². The lowest BCUT2D eigenvalue weighted by Crippen LogP contribution is -2.19. The second-order valence-corrected chi connectivity index (χ2v) is 12.0. The van der Waals surface area contributed by atoms with Gasteiger partial charge in [-0.05, 0) is 67.9 Å². The summed E-state index contributed by atoms with van der Waals surface area (Å²) in [7, 11) is -2.54. The van der Waals surface area contributed by atoms with Crippen molar-refractivity contribution in [2.24, 2.45) is 0 Å². The predicted molar refractivity (Wildman–Crippen MR) is 171 cm³/mol. The molecule has 0 saturated heterocycles. The van der Waals surface area contributed by atoms with E-state index < -0.39 is 39.2 Å². The van der Waals surface area contributed by atoms with Crippen molar-refractivity contribution in [2.45, 2.75) is 31.5 Å². The number of methoxy groups -OCH3 is 1. The highest BCUT2D eigenvalue weighted by Gasteiger charge is 2.35. The highest BCUT2D eigenvalue weighted by atomic mass is 35.5. The first-order valence-corrected chi connectivity index (χ1v) is 15.5. The average molecular weight is 689 g/mol. The van der Waals surface area contributed by atoms with Crippen LogP contribution in [-0.2, 0) is 27.6 Å². The monoisotopic (exact) mass is 688 g/mol. The lowest BCUT2D eigenvalue weighted by Gasteiger charge is -2.14. The van der Waals surface area contributed by atoms with Gasteiger partial charge in [0.1, 0.15) is 17.9 Å². The molecule has 0 fully saturated rings. The van der Waals surface area contributed by atoms with Gasteiger partial charge in [-0.3, -0.25) is 14.1 Å². The molecule has 47 heavy (non-hydrogen) atoms. The Morgan fingerprint density at radius 2 is 1.60 bits per heavy atom. The van der Waals surface area contributed by atoms with Crippen molar-refractivity contribution in [1.82, 2.24) is 9.97 Å². The third kappa shape index (κ3) is 8.74. The topological polar surface area (TPSA) is 150 Å². The van der Waals surface area contributed by atoms with E-state index in [4.69, 9.17) is 20.9 Å². The number of ether oxygens (including phenoxy) is 1. The molecule has 0 radical (unpaired) electrons. The maximum Gasteiger partial charge on any atom is 0.417 e. The maximum absolute atomic E-state index is 13.4. The summed E-state index contributed by atoms with van der Waals surface area (Å²) in [4.78, 5) is 33.4. The first-order valence-electron chi connectivity index (χ1n) is 13.7. The van der Waals surface area contributed by atoms with E-state index in [1.165, 1.54) is 43.5 Å². The first-order chi connectivity index (χ1) is 22.1. The fourth-order valence-corrected chi connectivity index (χ4v) is 5.04. The number of hydrogen-bond acceptors (Lipinski definition) is 6. The predicted octanol–water partition coefficient (Wildman–Crippen LogP) is 7.44. The van der Waals surface area contributed by atoms with E-state index in [9.17, 15) is 31.2 Å². The molecule has 10 nitrogen and oxygen atoms in total. The standard InChI is InChI=1S/C25H20ClF3N4O3.C7H8O3S/c1-13-18(26)8-5-9-19(13)32-24(35)16-10-14(11-20-22(16)33-21(31-20)12-36-2)30-23(34)15-6-3-4-7-17(15)25(27,28)29;1-6-2-4-7(5-3-6)11(8,9)10/h3-11H,12H2,1-2H3,(H,30,34)(H,31,33)(H,32,35);2-5H,1H3,(H,8,9,10). The molecule has 4 N–H and O–H groups in total. The van der Waals surface area contributed by atoms with E-state index in [1.54, 1.807) is 37.3 Å². The van der Waals surface area contributed by atoms with Crippen LogP contribution < -0.4 is 10.6 Å².